The molecule has 0 aromatic carbocycles. The van der Waals surface area contributed by atoms with Crippen molar-refractivity contribution in [1.29, 1.82) is 0 Å². The van der Waals surface area contributed by atoms with Crippen molar-refractivity contribution in [3.63, 3.8) is 0 Å². The fraction of sp³-hybridized carbons (Fsp3) is 0.667. The number of carbonyl (C=O) groups is 1. The summed E-state index contributed by atoms with van der Waals surface area (Å²) in [7, 11) is -3.44. The van der Waals surface area contributed by atoms with Gasteiger partial charge < -0.3 is 14.1 Å². The standard InChI is InChI=1S/C15H22N2O5S/c1-11-9-17(10-12(11)16-5-7-21-8-6-16)15(18)13-3-4-14(22-13)23(2,19)20/h3-4,11-12H,5-10H2,1-2H3/t11-,12-/m1/s1. The van der Waals surface area contributed by atoms with Crippen LogP contribution in [0.15, 0.2) is 21.6 Å². The molecule has 1 aromatic rings. The summed E-state index contributed by atoms with van der Waals surface area (Å²) in [4.78, 5) is 16.7. The number of carbonyl (C=O) groups excluding carboxylic acids is 1. The van der Waals surface area contributed by atoms with Gasteiger partial charge in [-0.05, 0) is 18.1 Å². The minimum atomic E-state index is -3.44. The van der Waals surface area contributed by atoms with Gasteiger partial charge in [0.15, 0.2) is 5.76 Å². The van der Waals surface area contributed by atoms with Crippen LogP contribution in [0.3, 0.4) is 0 Å². The number of hydrogen-bond acceptors (Lipinski definition) is 6. The normalized spacial score (nSPS) is 26.6. The highest BCUT2D eigenvalue weighted by Crippen LogP contribution is 2.25. The van der Waals surface area contributed by atoms with Gasteiger partial charge in [0.05, 0.1) is 13.2 Å². The molecule has 8 heteroatoms. The van der Waals surface area contributed by atoms with Gasteiger partial charge in [-0.2, -0.15) is 0 Å². The largest absolute Gasteiger partial charge is 0.440 e. The molecule has 0 radical (unpaired) electrons. The summed E-state index contributed by atoms with van der Waals surface area (Å²) in [6.07, 6.45) is 1.06. The summed E-state index contributed by atoms with van der Waals surface area (Å²) in [5.74, 6) is 0.198. The summed E-state index contributed by atoms with van der Waals surface area (Å²) in [6, 6.07) is 3.08. The minimum Gasteiger partial charge on any atom is -0.440 e. The molecular formula is C15H22N2O5S. The Balaban J connectivity index is 1.70. The molecule has 0 bridgehead atoms. The van der Waals surface area contributed by atoms with Gasteiger partial charge in [-0.15, -0.1) is 0 Å². The van der Waals surface area contributed by atoms with Gasteiger partial charge in [0.2, 0.25) is 14.9 Å². The predicted octanol–water partition coefficient (Wildman–Crippen LogP) is 0.476. The maximum Gasteiger partial charge on any atom is 0.289 e. The first kappa shape index (κ1) is 16.5. The van der Waals surface area contributed by atoms with E-state index in [1.165, 1.54) is 12.1 Å². The lowest BCUT2D eigenvalue weighted by Crippen LogP contribution is -2.47. The number of morpholine rings is 1. The highest BCUT2D eigenvalue weighted by molar-refractivity contribution is 7.90. The third-order valence-electron chi connectivity index (χ3n) is 4.53. The Hall–Kier alpha value is -1.38. The number of amides is 1. The summed E-state index contributed by atoms with van der Waals surface area (Å²) in [6.45, 7) is 6.65. The van der Waals surface area contributed by atoms with Crippen molar-refractivity contribution in [2.75, 3.05) is 45.6 Å². The molecule has 2 atom stereocenters. The Morgan fingerprint density at radius 1 is 1.22 bits per heavy atom. The van der Waals surface area contributed by atoms with Crippen LogP contribution in [0.25, 0.3) is 0 Å². The van der Waals surface area contributed by atoms with Crippen LogP contribution < -0.4 is 0 Å². The molecular weight excluding hydrogens is 320 g/mol. The van der Waals surface area contributed by atoms with Crippen LogP contribution in [0.5, 0.6) is 0 Å². The highest BCUT2D eigenvalue weighted by atomic mass is 32.2. The molecule has 0 unspecified atom stereocenters. The molecule has 0 N–H and O–H groups in total. The molecule has 0 spiro atoms. The van der Waals surface area contributed by atoms with Gasteiger partial charge >= 0.3 is 0 Å². The Morgan fingerprint density at radius 2 is 1.91 bits per heavy atom. The Labute approximate surface area is 136 Å². The SMILES string of the molecule is C[C@@H]1CN(C(=O)c2ccc(S(C)(=O)=O)o2)C[C@H]1N1CCOCC1. The van der Waals surface area contributed by atoms with Crippen LogP contribution in [0.4, 0.5) is 0 Å². The Kier molecular flexibility index (Phi) is 4.48. The number of furan rings is 1. The molecule has 0 saturated carbocycles. The quantitative estimate of drug-likeness (QED) is 0.795. The number of rotatable bonds is 3. The Morgan fingerprint density at radius 3 is 2.52 bits per heavy atom. The average Bonchev–Trinajstić information content (AvgIpc) is 3.14. The molecule has 3 rings (SSSR count). The summed E-state index contributed by atoms with van der Waals surface area (Å²) >= 11 is 0. The number of sulfone groups is 1. The molecule has 3 heterocycles. The van der Waals surface area contributed by atoms with E-state index in [1.807, 2.05) is 0 Å². The third kappa shape index (κ3) is 3.44. The molecule has 1 aromatic heterocycles. The molecule has 0 aliphatic carbocycles. The van der Waals surface area contributed by atoms with E-state index in [2.05, 4.69) is 11.8 Å². The van der Waals surface area contributed by atoms with E-state index in [0.717, 1.165) is 32.6 Å². The van der Waals surface area contributed by atoms with Crippen molar-refractivity contribution < 1.29 is 22.4 Å². The molecule has 2 aliphatic heterocycles. The van der Waals surface area contributed by atoms with E-state index < -0.39 is 9.84 Å². The molecule has 2 fully saturated rings. The van der Waals surface area contributed by atoms with E-state index in [-0.39, 0.29) is 16.8 Å². The molecule has 2 aliphatic rings. The van der Waals surface area contributed by atoms with Gasteiger partial charge in [-0.3, -0.25) is 9.69 Å². The number of likely N-dealkylation sites (tertiary alicyclic amines) is 1. The summed E-state index contributed by atoms with van der Waals surface area (Å²) < 4.78 is 33.5. The molecule has 23 heavy (non-hydrogen) atoms. The Bertz CT molecular complexity index is 678. The zero-order valence-corrected chi connectivity index (χ0v) is 14.2. The van der Waals surface area contributed by atoms with Crippen LogP contribution in [-0.2, 0) is 14.6 Å². The number of ether oxygens (including phenoxy) is 1. The van der Waals surface area contributed by atoms with Gasteiger partial charge in [0, 0.05) is 38.5 Å². The first-order valence-corrected chi connectivity index (χ1v) is 9.66. The molecule has 2 saturated heterocycles. The number of nitrogens with zero attached hydrogens (tertiary/aromatic N) is 2. The average molecular weight is 342 g/mol. The van der Waals surface area contributed by atoms with Crippen molar-refractivity contribution in [3.8, 4) is 0 Å². The lowest BCUT2D eigenvalue weighted by Gasteiger charge is -2.33. The topological polar surface area (TPSA) is 80.1 Å². The second-order valence-electron chi connectivity index (χ2n) is 6.29. The van der Waals surface area contributed by atoms with Crippen LogP contribution >= 0.6 is 0 Å². The van der Waals surface area contributed by atoms with Gasteiger partial charge in [-0.1, -0.05) is 6.92 Å². The zero-order valence-electron chi connectivity index (χ0n) is 13.4. The van der Waals surface area contributed by atoms with Gasteiger partial charge in [0.25, 0.3) is 5.91 Å². The van der Waals surface area contributed by atoms with Gasteiger partial charge in [-0.25, -0.2) is 8.42 Å². The minimum absolute atomic E-state index is 0.0836. The van der Waals surface area contributed by atoms with E-state index in [4.69, 9.17) is 9.15 Å². The second-order valence-corrected chi connectivity index (χ2v) is 8.24. The van der Waals surface area contributed by atoms with Crippen molar-refractivity contribution in [2.24, 2.45) is 5.92 Å². The monoisotopic (exact) mass is 342 g/mol. The van der Waals surface area contributed by atoms with Crippen LogP contribution in [0.1, 0.15) is 17.5 Å². The summed E-state index contributed by atoms with van der Waals surface area (Å²) in [5, 5.41) is -0.169. The molecule has 1 amide bonds. The van der Waals surface area contributed by atoms with E-state index in [0.29, 0.717) is 25.0 Å². The van der Waals surface area contributed by atoms with E-state index >= 15 is 0 Å². The fourth-order valence-corrected chi connectivity index (χ4v) is 3.85. The third-order valence-corrected chi connectivity index (χ3v) is 5.48. The van der Waals surface area contributed by atoms with Crippen molar-refractivity contribution in [1.82, 2.24) is 9.80 Å². The maximum atomic E-state index is 12.6. The first-order chi connectivity index (χ1) is 10.9. The smallest absolute Gasteiger partial charge is 0.289 e. The first-order valence-electron chi connectivity index (χ1n) is 7.77. The van der Waals surface area contributed by atoms with Crippen LogP contribution in [0.2, 0.25) is 0 Å². The second kappa shape index (κ2) is 6.26. The fourth-order valence-electron chi connectivity index (χ4n) is 3.29. The molecule has 128 valence electrons. The lowest BCUT2D eigenvalue weighted by atomic mass is 10.0. The van der Waals surface area contributed by atoms with Crippen LogP contribution in [0, 0.1) is 5.92 Å². The molecule has 7 nitrogen and oxygen atoms in total. The van der Waals surface area contributed by atoms with Crippen molar-refractivity contribution in [2.45, 2.75) is 18.1 Å². The maximum absolute atomic E-state index is 12.6. The van der Waals surface area contributed by atoms with E-state index in [1.54, 1.807) is 4.90 Å². The van der Waals surface area contributed by atoms with E-state index in [9.17, 15) is 13.2 Å². The van der Waals surface area contributed by atoms with Crippen molar-refractivity contribution >= 4 is 15.7 Å². The zero-order chi connectivity index (χ0) is 16.6. The van der Waals surface area contributed by atoms with Crippen LogP contribution in [-0.4, -0.2) is 75.8 Å². The summed E-state index contributed by atoms with van der Waals surface area (Å²) in [5.41, 5.74) is 0. The highest BCUT2D eigenvalue weighted by Gasteiger charge is 2.37. The van der Waals surface area contributed by atoms with Crippen molar-refractivity contribution in [3.05, 3.63) is 17.9 Å². The number of hydrogen-bond donors (Lipinski definition) is 0. The van der Waals surface area contributed by atoms with Gasteiger partial charge in [0.1, 0.15) is 0 Å². The predicted molar refractivity (Wildman–Crippen MR) is 83.1 cm³/mol. The lowest BCUT2D eigenvalue weighted by molar-refractivity contribution is 0.0118.